The Morgan fingerprint density at radius 3 is 2.60 bits per heavy atom. The molecule has 0 aromatic heterocycles. The molecule has 0 saturated heterocycles. The normalized spacial score (nSPS) is 16.3. The third kappa shape index (κ3) is 4.55. The Hall–Kier alpha value is -1.53. The Morgan fingerprint density at radius 2 is 2.00 bits per heavy atom. The van der Waals surface area contributed by atoms with E-state index in [9.17, 15) is 4.79 Å². The molecule has 0 spiro atoms. The van der Waals surface area contributed by atoms with Crippen LogP contribution in [0.2, 0.25) is 18.1 Å². The highest BCUT2D eigenvalue weighted by Crippen LogP contribution is 2.38. The third-order valence-electron chi connectivity index (χ3n) is 5.14. The summed E-state index contributed by atoms with van der Waals surface area (Å²) in [5.74, 6) is 1.64. The van der Waals surface area contributed by atoms with Crippen molar-refractivity contribution in [1.29, 1.82) is 0 Å². The lowest BCUT2D eigenvalue weighted by atomic mass is 10.1. The zero-order chi connectivity index (χ0) is 18.8. The van der Waals surface area contributed by atoms with Crippen LogP contribution in [0.15, 0.2) is 18.2 Å². The summed E-state index contributed by atoms with van der Waals surface area (Å²) in [6.45, 7) is 14.7. The largest absolute Gasteiger partial charge is 0.497 e. The van der Waals surface area contributed by atoms with E-state index < -0.39 is 8.32 Å². The second-order valence-electron chi connectivity index (χ2n) is 8.30. The van der Waals surface area contributed by atoms with Gasteiger partial charge in [-0.25, -0.2) is 0 Å². The highest BCUT2D eigenvalue weighted by molar-refractivity contribution is 6.74. The summed E-state index contributed by atoms with van der Waals surface area (Å²) < 4.78 is 17.1. The molecule has 2 rings (SSSR count). The minimum absolute atomic E-state index is 0.0278. The highest BCUT2D eigenvalue weighted by Gasteiger charge is 2.37. The van der Waals surface area contributed by atoms with Crippen LogP contribution in [-0.4, -0.2) is 41.1 Å². The summed E-state index contributed by atoms with van der Waals surface area (Å²) >= 11 is 0. The van der Waals surface area contributed by atoms with E-state index in [0.29, 0.717) is 18.9 Å². The maximum atomic E-state index is 12.4. The second kappa shape index (κ2) is 7.38. The Bertz CT molecular complexity index is 624. The average Bonchev–Trinajstić information content (AvgIpc) is 2.54. The molecule has 25 heavy (non-hydrogen) atoms. The van der Waals surface area contributed by atoms with Crippen LogP contribution in [0.5, 0.6) is 11.5 Å². The zero-order valence-electron chi connectivity index (χ0n) is 16.5. The van der Waals surface area contributed by atoms with Gasteiger partial charge in [-0.05, 0) is 36.2 Å². The van der Waals surface area contributed by atoms with Crippen molar-refractivity contribution in [3.63, 3.8) is 0 Å². The van der Waals surface area contributed by atoms with E-state index in [2.05, 4.69) is 40.8 Å². The topological polar surface area (TPSA) is 48.0 Å². The fourth-order valence-electron chi connectivity index (χ4n) is 2.44. The molecule has 1 amide bonds. The van der Waals surface area contributed by atoms with Gasteiger partial charge in [0, 0.05) is 19.2 Å². The van der Waals surface area contributed by atoms with E-state index in [0.717, 1.165) is 11.4 Å². The van der Waals surface area contributed by atoms with Gasteiger partial charge in [-0.1, -0.05) is 27.7 Å². The Kier molecular flexibility index (Phi) is 5.84. The van der Waals surface area contributed by atoms with Crippen molar-refractivity contribution in [1.82, 2.24) is 0 Å². The molecule has 5 nitrogen and oxygen atoms in total. The van der Waals surface area contributed by atoms with E-state index in [1.54, 1.807) is 12.0 Å². The Morgan fingerprint density at radius 1 is 1.32 bits per heavy atom. The molecule has 0 unspecified atom stereocenters. The molecule has 1 atom stereocenters. The van der Waals surface area contributed by atoms with Gasteiger partial charge in [0.2, 0.25) is 0 Å². The number of nitrogens with zero attached hydrogens (tertiary/aromatic N) is 1. The standard InChI is InChI=1S/C19H31NO4Si/c1-14(12-24-25(6,7)19(2,3)4)11-20-16-10-15(22-5)8-9-17(16)23-13-18(20)21/h8-10,14H,11-13H2,1-7H3/t14-/m0/s1. The molecular weight excluding hydrogens is 334 g/mol. The number of rotatable bonds is 6. The first-order valence-electron chi connectivity index (χ1n) is 8.80. The first kappa shape index (κ1) is 19.8. The second-order valence-corrected chi connectivity index (χ2v) is 13.1. The molecule has 1 aromatic carbocycles. The van der Waals surface area contributed by atoms with Gasteiger partial charge in [0.25, 0.3) is 5.91 Å². The smallest absolute Gasteiger partial charge is 0.265 e. The highest BCUT2D eigenvalue weighted by atomic mass is 28.4. The number of carbonyl (C=O) groups is 1. The molecule has 0 fully saturated rings. The van der Waals surface area contributed by atoms with Gasteiger partial charge in [0.05, 0.1) is 12.8 Å². The summed E-state index contributed by atoms with van der Waals surface area (Å²) in [5, 5.41) is 0.182. The van der Waals surface area contributed by atoms with Crippen LogP contribution in [0, 0.1) is 5.92 Å². The summed E-state index contributed by atoms with van der Waals surface area (Å²) in [6, 6.07) is 5.55. The lowest BCUT2D eigenvalue weighted by Crippen LogP contribution is -2.45. The molecule has 1 aromatic rings. The van der Waals surface area contributed by atoms with Crippen LogP contribution in [0.1, 0.15) is 27.7 Å². The molecule has 0 saturated carbocycles. The van der Waals surface area contributed by atoms with Crippen molar-refractivity contribution >= 4 is 19.9 Å². The van der Waals surface area contributed by atoms with Gasteiger partial charge in [0.15, 0.2) is 14.9 Å². The van der Waals surface area contributed by atoms with Crippen molar-refractivity contribution in [2.24, 2.45) is 5.92 Å². The monoisotopic (exact) mass is 365 g/mol. The van der Waals surface area contributed by atoms with Crippen LogP contribution in [-0.2, 0) is 9.22 Å². The molecule has 1 aliphatic rings. The summed E-state index contributed by atoms with van der Waals surface area (Å²) in [4.78, 5) is 14.2. The zero-order valence-corrected chi connectivity index (χ0v) is 17.5. The number of hydrogen-bond acceptors (Lipinski definition) is 4. The van der Waals surface area contributed by atoms with Crippen molar-refractivity contribution in [3.05, 3.63) is 18.2 Å². The molecular formula is C19H31NO4Si. The number of anilines is 1. The first-order chi connectivity index (χ1) is 11.5. The van der Waals surface area contributed by atoms with Gasteiger partial charge in [0.1, 0.15) is 11.5 Å². The van der Waals surface area contributed by atoms with E-state index in [1.165, 1.54) is 0 Å². The maximum absolute atomic E-state index is 12.4. The molecule has 140 valence electrons. The van der Waals surface area contributed by atoms with Crippen LogP contribution < -0.4 is 14.4 Å². The number of methoxy groups -OCH3 is 1. The fraction of sp³-hybridized carbons (Fsp3) is 0.632. The Labute approximate surface area is 152 Å². The van der Waals surface area contributed by atoms with Crippen molar-refractivity contribution in [3.8, 4) is 11.5 Å². The molecule has 0 N–H and O–H groups in total. The average molecular weight is 366 g/mol. The molecule has 1 aliphatic heterocycles. The summed E-state index contributed by atoms with van der Waals surface area (Å²) in [6.07, 6.45) is 0. The number of hydrogen-bond donors (Lipinski definition) is 0. The molecule has 6 heteroatoms. The van der Waals surface area contributed by atoms with Gasteiger partial charge >= 0.3 is 0 Å². The lowest BCUT2D eigenvalue weighted by Gasteiger charge is -2.38. The van der Waals surface area contributed by atoms with Crippen molar-refractivity contribution in [2.75, 3.05) is 31.8 Å². The molecule has 0 radical (unpaired) electrons. The Balaban J connectivity index is 2.08. The van der Waals surface area contributed by atoms with Crippen LogP contribution in [0.3, 0.4) is 0 Å². The maximum Gasteiger partial charge on any atom is 0.265 e. The molecule has 0 aliphatic carbocycles. The molecule has 0 bridgehead atoms. The number of benzene rings is 1. The van der Waals surface area contributed by atoms with Gasteiger partial charge in [-0.15, -0.1) is 0 Å². The number of fused-ring (bicyclic) bond motifs is 1. The van der Waals surface area contributed by atoms with E-state index in [1.807, 2.05) is 18.2 Å². The number of ether oxygens (including phenoxy) is 2. The van der Waals surface area contributed by atoms with Gasteiger partial charge in [-0.3, -0.25) is 4.79 Å². The fourth-order valence-corrected chi connectivity index (χ4v) is 3.57. The van der Waals surface area contributed by atoms with Gasteiger partial charge < -0.3 is 18.8 Å². The van der Waals surface area contributed by atoms with Crippen LogP contribution in [0.4, 0.5) is 5.69 Å². The first-order valence-corrected chi connectivity index (χ1v) is 11.7. The van der Waals surface area contributed by atoms with E-state index in [-0.39, 0.29) is 23.5 Å². The van der Waals surface area contributed by atoms with Crippen LogP contribution >= 0.6 is 0 Å². The van der Waals surface area contributed by atoms with Crippen molar-refractivity contribution < 1.29 is 18.7 Å². The van der Waals surface area contributed by atoms with Crippen molar-refractivity contribution in [2.45, 2.75) is 45.8 Å². The SMILES string of the molecule is COc1ccc2c(c1)N(C[C@H](C)CO[Si](C)(C)C(C)(C)C)C(=O)CO2. The minimum Gasteiger partial charge on any atom is -0.497 e. The minimum atomic E-state index is -1.78. The lowest BCUT2D eigenvalue weighted by molar-refractivity contribution is -0.121. The number of amides is 1. The summed E-state index contributed by atoms with van der Waals surface area (Å²) in [7, 11) is -0.167. The quantitative estimate of drug-likeness (QED) is 0.713. The predicted octanol–water partition coefficient (Wildman–Crippen LogP) is 4.08. The van der Waals surface area contributed by atoms with Gasteiger partial charge in [-0.2, -0.15) is 0 Å². The predicted molar refractivity (Wildman–Crippen MR) is 103 cm³/mol. The van der Waals surface area contributed by atoms with E-state index >= 15 is 0 Å². The number of carbonyl (C=O) groups excluding carboxylic acids is 1. The summed E-state index contributed by atoms with van der Waals surface area (Å²) in [5.41, 5.74) is 0.773. The van der Waals surface area contributed by atoms with E-state index in [4.69, 9.17) is 13.9 Å². The third-order valence-corrected chi connectivity index (χ3v) is 9.64. The molecule has 1 heterocycles. The van der Waals surface area contributed by atoms with Crippen LogP contribution in [0.25, 0.3) is 0 Å².